The lowest BCUT2D eigenvalue weighted by atomic mass is 10.3. The summed E-state index contributed by atoms with van der Waals surface area (Å²) in [7, 11) is 0. The molecule has 2 rings (SSSR count). The smallest absolute Gasteiger partial charge is 0.282 e. The minimum atomic E-state index is -3.01. The van der Waals surface area contributed by atoms with Crippen molar-refractivity contribution in [2.45, 2.75) is 6.43 Å². The Labute approximate surface area is 115 Å². The van der Waals surface area contributed by atoms with Crippen LogP contribution >= 0.6 is 23.2 Å². The molecule has 0 unspecified atom stereocenters. The molecule has 0 fully saturated rings. The molecule has 3 nitrogen and oxygen atoms in total. The van der Waals surface area contributed by atoms with Crippen molar-refractivity contribution in [1.82, 2.24) is 9.78 Å². The van der Waals surface area contributed by atoms with Crippen LogP contribution in [-0.2, 0) is 0 Å². The highest BCUT2D eigenvalue weighted by Gasteiger charge is 2.25. The summed E-state index contributed by atoms with van der Waals surface area (Å²) in [6, 6.07) is 3.76. The van der Waals surface area contributed by atoms with Crippen LogP contribution in [0.15, 0.2) is 18.2 Å². The second kappa shape index (κ2) is 5.22. The number of nitrogens with zero attached hydrogens (tertiary/aromatic N) is 2. The first-order valence-electron chi connectivity index (χ1n) is 4.93. The van der Waals surface area contributed by atoms with Gasteiger partial charge in [0.1, 0.15) is 22.4 Å². The Morgan fingerprint density at radius 1 is 1.32 bits per heavy atom. The maximum atomic E-state index is 13.7. The predicted octanol–water partition coefficient (Wildman–Crippen LogP) is 4.07. The molecule has 0 amide bonds. The number of hydrogen-bond acceptors (Lipinski definition) is 2. The number of halogens is 5. The van der Waals surface area contributed by atoms with Gasteiger partial charge in [0.15, 0.2) is 6.29 Å². The number of benzene rings is 1. The molecule has 1 aromatic carbocycles. The van der Waals surface area contributed by atoms with Crippen LogP contribution in [0.1, 0.15) is 22.5 Å². The quantitative estimate of drug-likeness (QED) is 0.801. The number of rotatable bonds is 3. The van der Waals surface area contributed by atoms with Crippen molar-refractivity contribution >= 4 is 29.5 Å². The van der Waals surface area contributed by atoms with Crippen LogP contribution in [0, 0.1) is 5.82 Å². The van der Waals surface area contributed by atoms with Crippen molar-refractivity contribution in [2.24, 2.45) is 0 Å². The van der Waals surface area contributed by atoms with Crippen molar-refractivity contribution in [2.75, 3.05) is 0 Å². The molecule has 0 N–H and O–H groups in total. The minimum absolute atomic E-state index is 0.0670. The molecule has 2 aromatic rings. The second-order valence-corrected chi connectivity index (χ2v) is 4.26. The molecule has 0 aliphatic rings. The molecule has 100 valence electrons. The summed E-state index contributed by atoms with van der Waals surface area (Å²) >= 11 is 11.5. The number of aromatic nitrogens is 2. The van der Waals surface area contributed by atoms with E-state index in [1.165, 1.54) is 12.1 Å². The Kier molecular flexibility index (Phi) is 3.82. The summed E-state index contributed by atoms with van der Waals surface area (Å²) in [4.78, 5) is 10.8. The van der Waals surface area contributed by atoms with Gasteiger partial charge in [-0.2, -0.15) is 5.10 Å². The van der Waals surface area contributed by atoms with Crippen molar-refractivity contribution in [3.8, 4) is 5.69 Å². The van der Waals surface area contributed by atoms with Gasteiger partial charge in [0.05, 0.1) is 10.6 Å². The van der Waals surface area contributed by atoms with E-state index in [2.05, 4.69) is 5.10 Å². The van der Waals surface area contributed by atoms with E-state index in [4.69, 9.17) is 23.2 Å². The normalized spacial score (nSPS) is 11.1. The minimum Gasteiger partial charge on any atom is -0.298 e. The summed E-state index contributed by atoms with van der Waals surface area (Å²) < 4.78 is 39.8. The monoisotopic (exact) mass is 308 g/mol. The number of hydrogen-bond donors (Lipinski definition) is 0. The summed E-state index contributed by atoms with van der Waals surface area (Å²) in [6.07, 6.45) is -2.87. The Morgan fingerprint density at radius 3 is 2.47 bits per heavy atom. The lowest BCUT2D eigenvalue weighted by molar-refractivity contribution is 0.110. The first-order chi connectivity index (χ1) is 8.97. The number of carbonyl (C=O) groups is 1. The van der Waals surface area contributed by atoms with Crippen LogP contribution in [0.5, 0.6) is 0 Å². The van der Waals surface area contributed by atoms with Gasteiger partial charge < -0.3 is 0 Å². The van der Waals surface area contributed by atoms with E-state index in [9.17, 15) is 18.0 Å². The highest BCUT2D eigenvalue weighted by atomic mass is 35.5. The molecule has 0 radical (unpaired) electrons. The average Bonchev–Trinajstić information content (AvgIpc) is 2.67. The molecule has 0 spiro atoms. The van der Waals surface area contributed by atoms with Gasteiger partial charge in [-0.1, -0.05) is 29.3 Å². The number of carbonyl (C=O) groups excluding carboxylic acids is 1. The average molecular weight is 309 g/mol. The molecule has 0 aliphatic carbocycles. The number of alkyl halides is 2. The molecule has 0 bridgehead atoms. The summed E-state index contributed by atoms with van der Waals surface area (Å²) in [5, 5.41) is 2.96. The first kappa shape index (κ1) is 13.9. The van der Waals surface area contributed by atoms with Gasteiger partial charge in [-0.15, -0.1) is 0 Å². The maximum absolute atomic E-state index is 13.7. The standard InChI is InChI=1S/C11H5Cl2F3N2O/c12-6-2-1-3-7(14)9(6)18-10(13)5(4-19)8(17-18)11(15)16/h1-4,11H. The zero-order valence-corrected chi connectivity index (χ0v) is 10.6. The van der Waals surface area contributed by atoms with Crippen molar-refractivity contribution in [3.05, 3.63) is 45.4 Å². The lowest BCUT2D eigenvalue weighted by Crippen LogP contribution is -2.02. The third-order valence-corrected chi connectivity index (χ3v) is 3.03. The van der Waals surface area contributed by atoms with Crippen LogP contribution in [0.4, 0.5) is 13.2 Å². The zero-order valence-electron chi connectivity index (χ0n) is 9.08. The molecular formula is C11H5Cl2F3N2O. The topological polar surface area (TPSA) is 34.9 Å². The van der Waals surface area contributed by atoms with Gasteiger partial charge in [0.2, 0.25) is 0 Å². The largest absolute Gasteiger partial charge is 0.298 e. The van der Waals surface area contributed by atoms with E-state index < -0.39 is 28.7 Å². The van der Waals surface area contributed by atoms with E-state index in [1.54, 1.807) is 0 Å². The Balaban J connectivity index is 2.74. The van der Waals surface area contributed by atoms with E-state index in [0.717, 1.165) is 6.07 Å². The van der Waals surface area contributed by atoms with Gasteiger partial charge in [0.25, 0.3) is 6.43 Å². The van der Waals surface area contributed by atoms with Gasteiger partial charge in [-0.25, -0.2) is 17.9 Å². The Hall–Kier alpha value is -1.53. The zero-order chi connectivity index (χ0) is 14.2. The van der Waals surface area contributed by atoms with Crippen LogP contribution in [0.3, 0.4) is 0 Å². The van der Waals surface area contributed by atoms with E-state index in [1.807, 2.05) is 0 Å². The Bertz CT molecular complexity index is 623. The van der Waals surface area contributed by atoms with Gasteiger partial charge >= 0.3 is 0 Å². The van der Waals surface area contributed by atoms with E-state index in [0.29, 0.717) is 4.68 Å². The summed E-state index contributed by atoms with van der Waals surface area (Å²) in [6.45, 7) is 0. The summed E-state index contributed by atoms with van der Waals surface area (Å²) in [5.41, 5.74) is -1.60. The molecule has 0 aliphatic heterocycles. The van der Waals surface area contributed by atoms with Gasteiger partial charge in [-0.05, 0) is 12.1 Å². The Morgan fingerprint density at radius 2 is 2.00 bits per heavy atom. The predicted molar refractivity (Wildman–Crippen MR) is 63.9 cm³/mol. The molecule has 1 heterocycles. The maximum Gasteiger partial charge on any atom is 0.282 e. The highest BCUT2D eigenvalue weighted by Crippen LogP contribution is 2.32. The fourth-order valence-corrected chi connectivity index (χ4v) is 2.04. The lowest BCUT2D eigenvalue weighted by Gasteiger charge is -2.06. The molecular weight excluding hydrogens is 304 g/mol. The van der Waals surface area contributed by atoms with Crippen LogP contribution in [0.25, 0.3) is 5.69 Å². The fourth-order valence-electron chi connectivity index (χ4n) is 1.53. The first-order valence-corrected chi connectivity index (χ1v) is 5.69. The van der Waals surface area contributed by atoms with Gasteiger partial charge in [0, 0.05) is 0 Å². The SMILES string of the molecule is O=Cc1c(C(F)F)nn(-c2c(F)cccc2Cl)c1Cl. The van der Waals surface area contributed by atoms with Crippen molar-refractivity contribution in [1.29, 1.82) is 0 Å². The van der Waals surface area contributed by atoms with Crippen LogP contribution in [0.2, 0.25) is 10.2 Å². The third-order valence-electron chi connectivity index (χ3n) is 2.37. The second-order valence-electron chi connectivity index (χ2n) is 3.49. The molecule has 0 saturated carbocycles. The van der Waals surface area contributed by atoms with Gasteiger partial charge in [-0.3, -0.25) is 4.79 Å². The number of aldehydes is 1. The van der Waals surface area contributed by atoms with E-state index >= 15 is 0 Å². The molecule has 8 heteroatoms. The molecule has 1 aromatic heterocycles. The van der Waals surface area contributed by atoms with E-state index in [-0.39, 0.29) is 17.0 Å². The summed E-state index contributed by atoms with van der Waals surface area (Å²) in [5.74, 6) is -0.796. The van der Waals surface area contributed by atoms with Crippen LogP contribution in [-0.4, -0.2) is 16.1 Å². The molecule has 0 atom stereocenters. The van der Waals surface area contributed by atoms with Crippen LogP contribution < -0.4 is 0 Å². The molecule has 0 saturated heterocycles. The van der Waals surface area contributed by atoms with Crippen molar-refractivity contribution < 1.29 is 18.0 Å². The third kappa shape index (κ3) is 2.33. The molecule has 19 heavy (non-hydrogen) atoms. The number of para-hydroxylation sites is 1. The van der Waals surface area contributed by atoms with Crippen molar-refractivity contribution in [3.63, 3.8) is 0 Å². The highest BCUT2D eigenvalue weighted by molar-refractivity contribution is 6.34. The fraction of sp³-hybridized carbons (Fsp3) is 0.0909.